The van der Waals surface area contributed by atoms with Crippen molar-refractivity contribution in [2.75, 3.05) is 38.6 Å². The van der Waals surface area contributed by atoms with E-state index in [9.17, 15) is 34.9 Å². The van der Waals surface area contributed by atoms with Gasteiger partial charge in [-0.05, 0) is 27.7 Å². The van der Waals surface area contributed by atoms with Crippen molar-refractivity contribution >= 4 is 10.1 Å². The summed E-state index contributed by atoms with van der Waals surface area (Å²) in [6.07, 6.45) is -12.2. The topological polar surface area (TPSA) is 57.2 Å². The number of rotatable bonds is 10. The Morgan fingerprint density at radius 3 is 1.38 bits per heavy atom. The van der Waals surface area contributed by atoms with Crippen molar-refractivity contribution in [1.29, 1.82) is 0 Å². The van der Waals surface area contributed by atoms with Crippen LogP contribution in [0.25, 0.3) is 0 Å². The summed E-state index contributed by atoms with van der Waals surface area (Å²) in [7, 11) is -5.08. The van der Waals surface area contributed by atoms with Crippen LogP contribution >= 0.6 is 0 Å². The third-order valence-electron chi connectivity index (χ3n) is 4.19. The van der Waals surface area contributed by atoms with E-state index in [1.165, 1.54) is 30.7 Å². The van der Waals surface area contributed by atoms with Gasteiger partial charge in [0.05, 0.1) is 42.1 Å². The van der Waals surface area contributed by atoms with Crippen LogP contribution in [0.1, 0.15) is 27.7 Å². The smallest absolute Gasteiger partial charge is 0.168 e. The fourth-order valence-corrected chi connectivity index (χ4v) is 2.69. The van der Waals surface area contributed by atoms with Crippen molar-refractivity contribution in [2.45, 2.75) is 52.4 Å². The first-order valence-electron chi connectivity index (χ1n) is 7.84. The van der Waals surface area contributed by atoms with Gasteiger partial charge >= 0.3 is 0 Å². The van der Waals surface area contributed by atoms with Crippen LogP contribution < -0.4 is 0 Å². The summed E-state index contributed by atoms with van der Waals surface area (Å²) in [6, 6.07) is 0. The van der Waals surface area contributed by atoms with E-state index < -0.39 is 47.2 Å². The summed E-state index contributed by atoms with van der Waals surface area (Å²) in [5, 5.41) is 0. The summed E-state index contributed by atoms with van der Waals surface area (Å²) >= 11 is 0. The molecule has 0 aromatic rings. The van der Waals surface area contributed by atoms with Gasteiger partial charge in [-0.25, -0.2) is 30.4 Å². The average Bonchev–Trinajstić information content (AvgIpc) is 2.54. The number of alkyl halides is 5. The molecule has 10 heteroatoms. The largest absolute Gasteiger partial charge is 0.748 e. The van der Waals surface area contributed by atoms with Crippen LogP contribution in [0.2, 0.25) is 0 Å². The van der Waals surface area contributed by atoms with Crippen molar-refractivity contribution in [2.24, 2.45) is 0 Å². The Morgan fingerprint density at radius 2 is 1.17 bits per heavy atom. The summed E-state index contributed by atoms with van der Waals surface area (Å²) in [5.74, 6) is -1.81. The van der Waals surface area contributed by atoms with Gasteiger partial charge in [-0.1, -0.05) is 0 Å². The van der Waals surface area contributed by atoms with E-state index in [0.29, 0.717) is 0 Å². The summed E-state index contributed by atoms with van der Waals surface area (Å²) in [5.41, 5.74) is 0. The number of nitrogens with zero attached hydrogens (tertiary/aromatic N) is 1. The maximum Gasteiger partial charge on any atom is 0.168 e. The molecule has 0 rings (SSSR count). The molecule has 0 saturated carbocycles. The molecule has 0 aliphatic rings. The molecule has 0 aromatic heterocycles. The highest BCUT2D eigenvalue weighted by Crippen LogP contribution is 2.18. The minimum absolute atomic E-state index is 1.28. The van der Waals surface area contributed by atoms with E-state index in [2.05, 4.69) is 27.7 Å². The van der Waals surface area contributed by atoms with Crippen molar-refractivity contribution in [3.8, 4) is 0 Å². The zero-order chi connectivity index (χ0) is 19.6. The van der Waals surface area contributed by atoms with Gasteiger partial charge in [0.25, 0.3) is 0 Å². The zero-order valence-corrected chi connectivity index (χ0v) is 15.3. The standard InChI is InChI=1S/C8H20N.C6H9F5O3S/c1-5-9(6-2,7-3)8-4;7-1-3(8)5(10)6(11)4(9)2-15(12,13)14/h5-8H2,1-4H3;3-6H,1-2H2,(H,12,13,14)/q+1;/p-1. The maximum absolute atomic E-state index is 12.6. The lowest BCUT2D eigenvalue weighted by atomic mass is 10.1. The quantitative estimate of drug-likeness (QED) is 0.330. The number of hydrogen-bond acceptors (Lipinski definition) is 3. The number of halogens is 5. The Labute approximate surface area is 141 Å². The van der Waals surface area contributed by atoms with Gasteiger partial charge in [-0.15, -0.1) is 0 Å². The second kappa shape index (κ2) is 12.0. The summed E-state index contributed by atoms with van der Waals surface area (Å²) in [6.45, 7) is 12.4. The highest BCUT2D eigenvalue weighted by Gasteiger charge is 2.36. The van der Waals surface area contributed by atoms with Crippen molar-refractivity contribution in [3.63, 3.8) is 0 Å². The van der Waals surface area contributed by atoms with Crippen LogP contribution in [0.4, 0.5) is 22.0 Å². The van der Waals surface area contributed by atoms with Gasteiger partial charge in [0.1, 0.15) is 12.8 Å². The van der Waals surface area contributed by atoms with Gasteiger partial charge < -0.3 is 9.04 Å². The van der Waals surface area contributed by atoms with E-state index in [0.717, 1.165) is 0 Å². The number of hydrogen-bond donors (Lipinski definition) is 0. The molecule has 0 bridgehead atoms. The second-order valence-electron chi connectivity index (χ2n) is 5.41. The Hall–Kier alpha value is -0.480. The predicted octanol–water partition coefficient (Wildman–Crippen LogP) is 2.74. The van der Waals surface area contributed by atoms with E-state index in [1.807, 2.05) is 0 Å². The normalized spacial score (nSPS) is 17.4. The van der Waals surface area contributed by atoms with E-state index >= 15 is 0 Å². The molecule has 0 aliphatic heterocycles. The average molecular weight is 385 g/mol. The Kier molecular flexibility index (Phi) is 12.8. The molecule has 0 aliphatic carbocycles. The Balaban J connectivity index is 0. The highest BCUT2D eigenvalue weighted by molar-refractivity contribution is 7.85. The lowest BCUT2D eigenvalue weighted by Gasteiger charge is -2.34. The Morgan fingerprint density at radius 1 is 0.833 bits per heavy atom. The van der Waals surface area contributed by atoms with Gasteiger partial charge in [-0.3, -0.25) is 0 Å². The van der Waals surface area contributed by atoms with E-state index in [-0.39, 0.29) is 0 Å². The van der Waals surface area contributed by atoms with Crippen LogP contribution in [0, 0.1) is 0 Å². The van der Waals surface area contributed by atoms with E-state index in [4.69, 9.17) is 0 Å². The fraction of sp³-hybridized carbons (Fsp3) is 1.00. The van der Waals surface area contributed by atoms with Crippen molar-refractivity contribution < 1.29 is 39.4 Å². The van der Waals surface area contributed by atoms with Crippen LogP contribution in [0.15, 0.2) is 0 Å². The Bertz CT molecular complexity index is 403. The lowest BCUT2D eigenvalue weighted by Crippen LogP contribution is -2.47. The molecule has 148 valence electrons. The second-order valence-corrected chi connectivity index (χ2v) is 6.85. The molecule has 24 heavy (non-hydrogen) atoms. The third kappa shape index (κ3) is 9.73. The summed E-state index contributed by atoms with van der Waals surface area (Å²) < 4.78 is 92.5. The third-order valence-corrected chi connectivity index (χ3v) is 4.92. The molecule has 0 saturated heterocycles. The highest BCUT2D eigenvalue weighted by atomic mass is 32.2. The predicted molar refractivity (Wildman–Crippen MR) is 82.5 cm³/mol. The van der Waals surface area contributed by atoms with Gasteiger partial charge in [-0.2, -0.15) is 0 Å². The maximum atomic E-state index is 12.6. The van der Waals surface area contributed by atoms with Crippen LogP contribution in [-0.2, 0) is 10.1 Å². The molecule has 0 heterocycles. The van der Waals surface area contributed by atoms with E-state index in [1.54, 1.807) is 0 Å². The van der Waals surface area contributed by atoms with Crippen LogP contribution in [-0.4, -0.2) is 80.7 Å². The minimum atomic E-state index is -5.08. The monoisotopic (exact) mass is 385 g/mol. The first-order chi connectivity index (χ1) is 10.9. The molecule has 4 atom stereocenters. The molecular formula is C14H28F5NO3S. The minimum Gasteiger partial charge on any atom is -0.748 e. The molecular weight excluding hydrogens is 357 g/mol. The lowest BCUT2D eigenvalue weighted by molar-refractivity contribution is -0.921. The van der Waals surface area contributed by atoms with Gasteiger partial charge in [0, 0.05) is 0 Å². The van der Waals surface area contributed by atoms with Crippen molar-refractivity contribution in [3.05, 3.63) is 0 Å². The van der Waals surface area contributed by atoms with Crippen LogP contribution in [0.3, 0.4) is 0 Å². The van der Waals surface area contributed by atoms with Gasteiger partial charge in [0.2, 0.25) is 0 Å². The fourth-order valence-electron chi connectivity index (χ4n) is 2.11. The molecule has 0 amide bonds. The molecule has 0 N–H and O–H groups in total. The molecule has 4 nitrogen and oxygen atoms in total. The molecule has 0 spiro atoms. The first kappa shape index (κ1) is 25.8. The molecule has 0 radical (unpaired) electrons. The first-order valence-corrected chi connectivity index (χ1v) is 9.42. The van der Waals surface area contributed by atoms with Gasteiger partial charge in [0.15, 0.2) is 18.5 Å². The molecule has 0 fully saturated rings. The summed E-state index contributed by atoms with van der Waals surface area (Å²) in [4.78, 5) is 0. The molecule has 4 unspecified atom stereocenters. The number of quaternary nitrogens is 1. The van der Waals surface area contributed by atoms with Crippen molar-refractivity contribution in [1.82, 2.24) is 0 Å². The zero-order valence-electron chi connectivity index (χ0n) is 14.5. The van der Waals surface area contributed by atoms with Crippen LogP contribution in [0.5, 0.6) is 0 Å². The molecule has 0 aromatic carbocycles. The SMILES string of the molecule is CC[N+](CC)(CC)CC.O=S(=O)([O-])CC(F)C(F)C(F)C(F)CF.